The first-order valence-electron chi connectivity index (χ1n) is 13.7. The highest BCUT2D eigenvalue weighted by Crippen LogP contribution is 2.32. The van der Waals surface area contributed by atoms with Gasteiger partial charge in [-0.1, -0.05) is 68.3 Å². The number of amides is 1. The van der Waals surface area contributed by atoms with Crippen LogP contribution in [0.15, 0.2) is 54.6 Å². The maximum absolute atomic E-state index is 14.0. The van der Waals surface area contributed by atoms with E-state index in [1.807, 2.05) is 24.3 Å². The topological polar surface area (TPSA) is 51.7 Å². The number of pyridine rings is 1. The third-order valence-electron chi connectivity index (χ3n) is 7.52. The summed E-state index contributed by atoms with van der Waals surface area (Å²) in [7, 11) is 0. The van der Waals surface area contributed by atoms with Gasteiger partial charge in [-0.05, 0) is 31.9 Å². The summed E-state index contributed by atoms with van der Waals surface area (Å²) in [5, 5.41) is 3.06. The second-order valence-corrected chi connectivity index (χ2v) is 10.2. The number of rotatable bonds is 7. The number of carbonyl (C=O) groups is 1. The SMILES string of the molecule is CCCN1CCN(Cc2c(-c3ccccc3)nc3ccccc3c2C(=O)NN2CCCCCC2)CC1. The van der Waals surface area contributed by atoms with Crippen LogP contribution in [0.4, 0.5) is 0 Å². The third kappa shape index (κ3) is 5.77. The molecular formula is C30H39N5O. The lowest BCUT2D eigenvalue weighted by Gasteiger charge is -2.35. The maximum Gasteiger partial charge on any atom is 0.266 e. The Balaban J connectivity index is 1.55. The number of hydrazine groups is 1. The van der Waals surface area contributed by atoms with Crippen LogP contribution in [0, 0.1) is 0 Å². The van der Waals surface area contributed by atoms with E-state index in [2.05, 4.69) is 57.5 Å². The molecule has 6 heteroatoms. The standard InChI is InChI=1S/C30H39N5O/c1-2-16-33-19-21-34(22-20-33)23-26-28(30(36)32-35-17-10-3-4-11-18-35)25-14-8-9-15-27(25)31-29(26)24-12-6-5-7-13-24/h5-9,12-15H,2-4,10-11,16-23H2,1H3,(H,32,36). The maximum atomic E-state index is 14.0. The molecule has 5 rings (SSSR count). The van der Waals surface area contributed by atoms with Gasteiger partial charge >= 0.3 is 0 Å². The average molecular weight is 486 g/mol. The molecule has 0 bridgehead atoms. The van der Waals surface area contributed by atoms with Crippen molar-refractivity contribution in [3.8, 4) is 11.3 Å². The molecule has 2 aliphatic rings. The Morgan fingerprint density at radius 2 is 1.50 bits per heavy atom. The second-order valence-electron chi connectivity index (χ2n) is 10.2. The van der Waals surface area contributed by atoms with Gasteiger partial charge in [-0.25, -0.2) is 9.99 Å². The summed E-state index contributed by atoms with van der Waals surface area (Å²) in [6.07, 6.45) is 5.91. The zero-order valence-electron chi connectivity index (χ0n) is 21.6. The van der Waals surface area contributed by atoms with E-state index in [-0.39, 0.29) is 5.91 Å². The summed E-state index contributed by atoms with van der Waals surface area (Å²) in [6.45, 7) is 10.1. The molecule has 0 aliphatic carbocycles. The molecule has 2 fully saturated rings. The number of nitrogens with one attached hydrogen (secondary N) is 1. The van der Waals surface area contributed by atoms with Crippen LogP contribution < -0.4 is 5.43 Å². The van der Waals surface area contributed by atoms with Gasteiger partial charge in [-0.15, -0.1) is 0 Å². The predicted molar refractivity (Wildman–Crippen MR) is 147 cm³/mol. The Bertz CT molecular complexity index is 1150. The predicted octanol–water partition coefficient (Wildman–Crippen LogP) is 4.95. The van der Waals surface area contributed by atoms with Crippen molar-refractivity contribution >= 4 is 16.8 Å². The van der Waals surface area contributed by atoms with Crippen molar-refractivity contribution in [1.82, 2.24) is 25.2 Å². The van der Waals surface area contributed by atoms with Gasteiger partial charge in [-0.3, -0.25) is 15.1 Å². The van der Waals surface area contributed by atoms with Gasteiger partial charge < -0.3 is 4.90 Å². The Morgan fingerprint density at radius 1 is 0.833 bits per heavy atom. The van der Waals surface area contributed by atoms with E-state index < -0.39 is 0 Å². The van der Waals surface area contributed by atoms with Gasteiger partial charge in [0.1, 0.15) is 0 Å². The fourth-order valence-electron chi connectivity index (χ4n) is 5.59. The first-order valence-corrected chi connectivity index (χ1v) is 13.7. The molecule has 0 unspecified atom stereocenters. The third-order valence-corrected chi connectivity index (χ3v) is 7.52. The van der Waals surface area contributed by atoms with Crippen molar-refractivity contribution in [2.24, 2.45) is 0 Å². The normalized spacial score (nSPS) is 18.2. The highest BCUT2D eigenvalue weighted by molar-refractivity contribution is 6.08. The number of carbonyl (C=O) groups excluding carboxylic acids is 1. The molecule has 0 saturated carbocycles. The minimum atomic E-state index is -0.00713. The van der Waals surface area contributed by atoms with Crippen molar-refractivity contribution in [2.45, 2.75) is 45.6 Å². The lowest BCUT2D eigenvalue weighted by atomic mass is 9.95. The number of fused-ring (bicyclic) bond motifs is 1. The molecule has 0 spiro atoms. The molecule has 2 aromatic carbocycles. The van der Waals surface area contributed by atoms with Gasteiger partial charge in [0.05, 0.1) is 16.8 Å². The summed E-state index contributed by atoms with van der Waals surface area (Å²) in [5.74, 6) is -0.00713. The van der Waals surface area contributed by atoms with Crippen LogP contribution in [-0.4, -0.2) is 71.5 Å². The molecule has 1 amide bonds. The molecule has 3 heterocycles. The molecule has 2 aliphatic heterocycles. The van der Waals surface area contributed by atoms with E-state index in [4.69, 9.17) is 4.98 Å². The van der Waals surface area contributed by atoms with Crippen molar-refractivity contribution in [2.75, 3.05) is 45.8 Å². The lowest BCUT2D eigenvalue weighted by Crippen LogP contribution is -2.46. The Kier molecular flexibility index (Phi) is 8.26. The van der Waals surface area contributed by atoms with Gasteiger partial charge in [-0.2, -0.15) is 0 Å². The summed E-state index contributed by atoms with van der Waals surface area (Å²) >= 11 is 0. The van der Waals surface area contributed by atoms with Crippen LogP contribution in [0.1, 0.15) is 54.9 Å². The largest absolute Gasteiger partial charge is 0.301 e. The fourth-order valence-corrected chi connectivity index (χ4v) is 5.59. The zero-order chi connectivity index (χ0) is 24.7. The van der Waals surface area contributed by atoms with Crippen LogP contribution in [0.3, 0.4) is 0 Å². The van der Waals surface area contributed by atoms with Crippen molar-refractivity contribution in [3.05, 3.63) is 65.7 Å². The zero-order valence-corrected chi connectivity index (χ0v) is 21.6. The smallest absolute Gasteiger partial charge is 0.266 e. The van der Waals surface area contributed by atoms with E-state index in [9.17, 15) is 4.79 Å². The monoisotopic (exact) mass is 485 g/mol. The highest BCUT2D eigenvalue weighted by Gasteiger charge is 2.26. The second kappa shape index (κ2) is 12.0. The summed E-state index contributed by atoms with van der Waals surface area (Å²) in [5.41, 5.74) is 7.96. The first-order chi connectivity index (χ1) is 17.7. The minimum absolute atomic E-state index is 0.00713. The van der Waals surface area contributed by atoms with Crippen molar-refractivity contribution in [1.29, 1.82) is 0 Å². The number of para-hydroxylation sites is 1. The molecule has 1 aromatic heterocycles. The number of hydrogen-bond donors (Lipinski definition) is 1. The number of nitrogens with zero attached hydrogens (tertiary/aromatic N) is 4. The molecule has 0 atom stereocenters. The molecule has 1 N–H and O–H groups in total. The van der Waals surface area contributed by atoms with E-state index in [1.165, 1.54) is 19.3 Å². The molecule has 6 nitrogen and oxygen atoms in total. The minimum Gasteiger partial charge on any atom is -0.301 e. The number of benzene rings is 2. The van der Waals surface area contributed by atoms with E-state index in [1.54, 1.807) is 0 Å². The van der Waals surface area contributed by atoms with Crippen LogP contribution >= 0.6 is 0 Å². The van der Waals surface area contributed by atoms with Gasteiger partial charge in [0.15, 0.2) is 0 Å². The molecule has 2 saturated heterocycles. The van der Waals surface area contributed by atoms with Crippen LogP contribution in [0.5, 0.6) is 0 Å². The molecule has 3 aromatic rings. The summed E-state index contributed by atoms with van der Waals surface area (Å²) in [4.78, 5) is 24.2. The van der Waals surface area contributed by atoms with E-state index in [0.717, 1.165) is 98.5 Å². The molecule has 36 heavy (non-hydrogen) atoms. The Labute approximate surface area is 215 Å². The number of aromatic nitrogens is 1. The van der Waals surface area contributed by atoms with Gasteiger partial charge in [0.2, 0.25) is 0 Å². The number of piperazine rings is 1. The van der Waals surface area contributed by atoms with E-state index in [0.29, 0.717) is 0 Å². The molecule has 190 valence electrons. The Hall–Kier alpha value is -2.80. The quantitative estimate of drug-likeness (QED) is 0.513. The van der Waals surface area contributed by atoms with E-state index >= 15 is 0 Å². The first kappa shape index (κ1) is 24.9. The van der Waals surface area contributed by atoms with Crippen LogP contribution in [0.25, 0.3) is 22.2 Å². The molecule has 0 radical (unpaired) electrons. The van der Waals surface area contributed by atoms with Gasteiger partial charge in [0, 0.05) is 62.3 Å². The average Bonchev–Trinajstić information content (AvgIpc) is 3.18. The van der Waals surface area contributed by atoms with Gasteiger partial charge in [0.25, 0.3) is 5.91 Å². The summed E-state index contributed by atoms with van der Waals surface area (Å²) < 4.78 is 0. The van der Waals surface area contributed by atoms with Crippen molar-refractivity contribution in [3.63, 3.8) is 0 Å². The van der Waals surface area contributed by atoms with Crippen molar-refractivity contribution < 1.29 is 4.79 Å². The summed E-state index contributed by atoms with van der Waals surface area (Å²) in [6, 6.07) is 18.5. The van der Waals surface area contributed by atoms with Crippen LogP contribution in [0.2, 0.25) is 0 Å². The number of hydrogen-bond acceptors (Lipinski definition) is 5. The lowest BCUT2D eigenvalue weighted by molar-refractivity contribution is 0.0792. The highest BCUT2D eigenvalue weighted by atomic mass is 16.2. The Morgan fingerprint density at radius 3 is 2.22 bits per heavy atom. The molecular weight excluding hydrogens is 446 g/mol. The fraction of sp³-hybridized carbons (Fsp3) is 0.467. The van der Waals surface area contributed by atoms with Crippen LogP contribution in [-0.2, 0) is 6.54 Å².